The zero-order chi connectivity index (χ0) is 14.5. The fourth-order valence-corrected chi connectivity index (χ4v) is 1.78. The van der Waals surface area contributed by atoms with Crippen molar-refractivity contribution in [2.75, 3.05) is 0 Å². The number of carboxylic acid groups (broad SMARTS) is 2. The monoisotopic (exact) mass is 275 g/mol. The number of furan rings is 1. The van der Waals surface area contributed by atoms with E-state index >= 15 is 0 Å². The largest absolute Gasteiger partial charge is 0.480 e. The second-order valence-corrected chi connectivity index (χ2v) is 4.13. The maximum atomic E-state index is 11.2. The first-order valence-electron chi connectivity index (χ1n) is 5.91. The lowest BCUT2D eigenvalue weighted by molar-refractivity contribution is -0.139. The van der Waals surface area contributed by atoms with Crippen LogP contribution < -0.4 is 5.32 Å². The molecular formula is C14H13NO5. The Hall–Kier alpha value is -2.60. The van der Waals surface area contributed by atoms with Gasteiger partial charge in [0, 0.05) is 0 Å². The SMILES string of the molecule is O=C(O)c1ccc(CNC(C(=O)O)c2ccccc2)o1. The number of carbonyl (C=O) groups is 2. The number of carboxylic acids is 2. The Morgan fingerprint density at radius 1 is 1.10 bits per heavy atom. The number of benzene rings is 1. The van der Waals surface area contributed by atoms with Crippen molar-refractivity contribution < 1.29 is 24.2 Å². The Morgan fingerprint density at radius 3 is 2.35 bits per heavy atom. The van der Waals surface area contributed by atoms with Gasteiger partial charge in [0.1, 0.15) is 11.8 Å². The quantitative estimate of drug-likeness (QED) is 0.744. The maximum Gasteiger partial charge on any atom is 0.371 e. The first-order valence-corrected chi connectivity index (χ1v) is 5.91. The summed E-state index contributed by atoms with van der Waals surface area (Å²) in [6, 6.07) is 10.7. The van der Waals surface area contributed by atoms with E-state index in [0.29, 0.717) is 11.3 Å². The van der Waals surface area contributed by atoms with Crippen molar-refractivity contribution in [3.8, 4) is 0 Å². The van der Waals surface area contributed by atoms with Crippen LogP contribution in [0.5, 0.6) is 0 Å². The Labute approximate surface area is 114 Å². The van der Waals surface area contributed by atoms with Crippen LogP contribution in [-0.4, -0.2) is 22.2 Å². The second kappa shape index (κ2) is 6.03. The fourth-order valence-electron chi connectivity index (χ4n) is 1.78. The Morgan fingerprint density at radius 2 is 1.80 bits per heavy atom. The number of rotatable bonds is 6. The van der Waals surface area contributed by atoms with Gasteiger partial charge in [0.2, 0.25) is 5.76 Å². The third kappa shape index (κ3) is 3.24. The van der Waals surface area contributed by atoms with Crippen molar-refractivity contribution in [2.45, 2.75) is 12.6 Å². The van der Waals surface area contributed by atoms with Gasteiger partial charge in [-0.1, -0.05) is 30.3 Å². The molecule has 0 aliphatic heterocycles. The van der Waals surface area contributed by atoms with Gasteiger partial charge in [0.15, 0.2) is 0 Å². The molecule has 6 heteroatoms. The Kier molecular flexibility index (Phi) is 4.17. The summed E-state index contributed by atoms with van der Waals surface area (Å²) in [4.78, 5) is 21.9. The highest BCUT2D eigenvalue weighted by atomic mass is 16.4. The van der Waals surface area contributed by atoms with E-state index in [0.717, 1.165) is 0 Å². The van der Waals surface area contributed by atoms with Crippen molar-refractivity contribution in [1.82, 2.24) is 5.32 Å². The van der Waals surface area contributed by atoms with Crippen molar-refractivity contribution >= 4 is 11.9 Å². The molecule has 1 aromatic carbocycles. The summed E-state index contributed by atoms with van der Waals surface area (Å²) in [5.41, 5.74) is 0.616. The molecule has 6 nitrogen and oxygen atoms in total. The van der Waals surface area contributed by atoms with Crippen LogP contribution >= 0.6 is 0 Å². The fraction of sp³-hybridized carbons (Fsp3) is 0.143. The van der Waals surface area contributed by atoms with E-state index < -0.39 is 18.0 Å². The smallest absolute Gasteiger partial charge is 0.371 e. The predicted molar refractivity (Wildman–Crippen MR) is 69.3 cm³/mol. The summed E-state index contributed by atoms with van der Waals surface area (Å²) in [5.74, 6) is -1.98. The van der Waals surface area contributed by atoms with Crippen LogP contribution in [0.2, 0.25) is 0 Å². The summed E-state index contributed by atoms with van der Waals surface area (Å²) in [5, 5.41) is 20.8. The molecule has 0 aliphatic carbocycles. The first-order chi connectivity index (χ1) is 9.58. The molecule has 0 fully saturated rings. The van der Waals surface area contributed by atoms with Crippen LogP contribution in [0.3, 0.4) is 0 Å². The molecule has 2 rings (SSSR count). The van der Waals surface area contributed by atoms with Crippen LogP contribution in [0.25, 0.3) is 0 Å². The zero-order valence-corrected chi connectivity index (χ0v) is 10.4. The zero-order valence-electron chi connectivity index (χ0n) is 10.4. The summed E-state index contributed by atoms with van der Waals surface area (Å²) in [6.45, 7) is 0.124. The standard InChI is InChI=1S/C14H13NO5/c16-13(17)11-7-6-10(20-11)8-15-12(14(18)19)9-4-2-1-3-5-9/h1-7,12,15H,8H2,(H,16,17)(H,18,19). The highest BCUT2D eigenvalue weighted by molar-refractivity contribution is 5.84. The molecule has 1 aromatic heterocycles. The van der Waals surface area contributed by atoms with Gasteiger partial charge in [-0.3, -0.25) is 10.1 Å². The van der Waals surface area contributed by atoms with Gasteiger partial charge in [-0.05, 0) is 17.7 Å². The van der Waals surface area contributed by atoms with Gasteiger partial charge in [-0.25, -0.2) is 4.79 Å². The average Bonchev–Trinajstić information content (AvgIpc) is 2.89. The summed E-state index contributed by atoms with van der Waals surface area (Å²) < 4.78 is 5.06. The number of hydrogen-bond donors (Lipinski definition) is 3. The minimum absolute atomic E-state index is 0.124. The molecule has 0 aliphatic rings. The van der Waals surface area contributed by atoms with Crippen molar-refractivity contribution in [3.63, 3.8) is 0 Å². The molecule has 1 heterocycles. The van der Waals surface area contributed by atoms with Crippen molar-refractivity contribution in [2.24, 2.45) is 0 Å². The van der Waals surface area contributed by atoms with E-state index in [4.69, 9.17) is 9.52 Å². The molecule has 1 atom stereocenters. The maximum absolute atomic E-state index is 11.2. The van der Waals surface area contributed by atoms with Gasteiger partial charge in [-0.2, -0.15) is 0 Å². The molecule has 20 heavy (non-hydrogen) atoms. The van der Waals surface area contributed by atoms with Crippen LogP contribution in [0, 0.1) is 0 Å². The number of hydrogen-bond acceptors (Lipinski definition) is 4. The van der Waals surface area contributed by atoms with Gasteiger partial charge in [-0.15, -0.1) is 0 Å². The molecule has 1 unspecified atom stereocenters. The topological polar surface area (TPSA) is 99.8 Å². The van der Waals surface area contributed by atoms with Crippen LogP contribution in [0.1, 0.15) is 27.9 Å². The van der Waals surface area contributed by atoms with Crippen LogP contribution in [0.15, 0.2) is 46.9 Å². The molecule has 0 amide bonds. The molecule has 2 aromatic rings. The third-order valence-electron chi connectivity index (χ3n) is 2.73. The summed E-state index contributed by atoms with van der Waals surface area (Å²) >= 11 is 0. The Balaban J connectivity index is 2.06. The van der Waals surface area contributed by atoms with E-state index in [1.165, 1.54) is 12.1 Å². The predicted octanol–water partition coefficient (Wildman–Crippen LogP) is 1.89. The lowest BCUT2D eigenvalue weighted by atomic mass is 10.1. The van der Waals surface area contributed by atoms with Gasteiger partial charge in [0.05, 0.1) is 6.54 Å². The van der Waals surface area contributed by atoms with Gasteiger partial charge < -0.3 is 14.6 Å². The van der Waals surface area contributed by atoms with Crippen LogP contribution in [-0.2, 0) is 11.3 Å². The van der Waals surface area contributed by atoms with E-state index in [9.17, 15) is 14.7 Å². The summed E-state index contributed by atoms with van der Waals surface area (Å²) in [6.07, 6.45) is 0. The summed E-state index contributed by atoms with van der Waals surface area (Å²) in [7, 11) is 0. The lowest BCUT2D eigenvalue weighted by Gasteiger charge is -2.13. The van der Waals surface area contributed by atoms with E-state index in [1.54, 1.807) is 30.3 Å². The lowest BCUT2D eigenvalue weighted by Crippen LogP contribution is -2.27. The van der Waals surface area contributed by atoms with E-state index in [-0.39, 0.29) is 12.3 Å². The second-order valence-electron chi connectivity index (χ2n) is 4.13. The number of aliphatic carboxylic acids is 1. The Bertz CT molecular complexity index is 605. The molecule has 0 saturated heterocycles. The normalized spacial score (nSPS) is 12.0. The number of aromatic carboxylic acids is 1. The molecule has 104 valence electrons. The molecule has 0 saturated carbocycles. The minimum Gasteiger partial charge on any atom is -0.480 e. The van der Waals surface area contributed by atoms with Gasteiger partial charge in [0.25, 0.3) is 0 Å². The van der Waals surface area contributed by atoms with Crippen molar-refractivity contribution in [3.05, 3.63) is 59.5 Å². The first kappa shape index (κ1) is 13.8. The van der Waals surface area contributed by atoms with Crippen molar-refractivity contribution in [1.29, 1.82) is 0 Å². The highest BCUT2D eigenvalue weighted by Gasteiger charge is 2.19. The van der Waals surface area contributed by atoms with E-state index in [1.807, 2.05) is 0 Å². The highest BCUT2D eigenvalue weighted by Crippen LogP contribution is 2.15. The number of nitrogens with one attached hydrogen (secondary N) is 1. The molecule has 0 bridgehead atoms. The van der Waals surface area contributed by atoms with Crippen LogP contribution in [0.4, 0.5) is 0 Å². The molecule has 0 spiro atoms. The molecular weight excluding hydrogens is 262 g/mol. The average molecular weight is 275 g/mol. The van der Waals surface area contributed by atoms with E-state index in [2.05, 4.69) is 5.32 Å². The minimum atomic E-state index is -1.16. The molecule has 0 radical (unpaired) electrons. The molecule has 3 N–H and O–H groups in total. The third-order valence-corrected chi connectivity index (χ3v) is 2.73. The van der Waals surface area contributed by atoms with Gasteiger partial charge >= 0.3 is 11.9 Å².